The molecule has 0 aromatic rings. The van der Waals surface area contributed by atoms with Gasteiger partial charge in [0.1, 0.15) is 0 Å². The Morgan fingerprint density at radius 3 is 1.78 bits per heavy atom. The van der Waals surface area contributed by atoms with Gasteiger partial charge in [-0.15, -0.1) is 0 Å². The predicted molar refractivity (Wildman–Crippen MR) is 99.9 cm³/mol. The molecule has 1 N–H and O–H groups in total. The third-order valence-corrected chi connectivity index (χ3v) is 4.14. The number of alkyl carbamates (subject to hydrolysis) is 1. The van der Waals surface area contributed by atoms with Crippen molar-refractivity contribution < 1.29 is 9.53 Å². The van der Waals surface area contributed by atoms with Crippen molar-refractivity contribution in [2.75, 3.05) is 13.7 Å². The molecule has 0 radical (unpaired) electrons. The zero-order valence-corrected chi connectivity index (χ0v) is 15.6. The molecule has 3 nitrogen and oxygen atoms in total. The molecule has 0 atom stereocenters. The van der Waals surface area contributed by atoms with Crippen LogP contribution in [0.1, 0.15) is 96.8 Å². The molecule has 0 rings (SSSR count). The summed E-state index contributed by atoms with van der Waals surface area (Å²) in [7, 11) is 1.40. The fraction of sp³-hybridized carbons (Fsp3) is 0.850. The summed E-state index contributed by atoms with van der Waals surface area (Å²) in [6.07, 6.45) is 22.7. The lowest BCUT2D eigenvalue weighted by Crippen LogP contribution is -2.23. The van der Waals surface area contributed by atoms with Crippen molar-refractivity contribution in [2.24, 2.45) is 0 Å². The quantitative estimate of drug-likeness (QED) is 0.264. The molecule has 0 aliphatic carbocycles. The van der Waals surface area contributed by atoms with Crippen molar-refractivity contribution in [2.45, 2.75) is 96.8 Å². The fourth-order valence-electron chi connectivity index (χ4n) is 2.64. The Kier molecular flexibility index (Phi) is 18.2. The maximum Gasteiger partial charge on any atom is 0.406 e. The Hall–Kier alpha value is -0.990. The summed E-state index contributed by atoms with van der Waals surface area (Å²) in [5.41, 5.74) is 0. The number of amides is 1. The maximum absolute atomic E-state index is 10.8. The number of unbranched alkanes of at least 4 members (excludes halogenated alkanes) is 12. The summed E-state index contributed by atoms with van der Waals surface area (Å²) in [5, 5.41) is 2.71. The summed E-state index contributed by atoms with van der Waals surface area (Å²) >= 11 is 0. The average Bonchev–Trinajstić information content (AvgIpc) is 2.57. The molecule has 0 unspecified atom stereocenters. The summed E-state index contributed by atoms with van der Waals surface area (Å²) < 4.78 is 4.52. The maximum atomic E-state index is 10.8. The zero-order chi connectivity index (χ0) is 17.0. The van der Waals surface area contributed by atoms with Gasteiger partial charge in [0, 0.05) is 6.54 Å². The molecule has 136 valence electrons. The second-order valence-electron chi connectivity index (χ2n) is 6.36. The topological polar surface area (TPSA) is 38.3 Å². The van der Waals surface area contributed by atoms with Gasteiger partial charge in [-0.3, -0.25) is 0 Å². The third-order valence-electron chi connectivity index (χ3n) is 4.14. The van der Waals surface area contributed by atoms with E-state index in [1.54, 1.807) is 0 Å². The van der Waals surface area contributed by atoms with Crippen LogP contribution in [0.4, 0.5) is 4.79 Å². The summed E-state index contributed by atoms with van der Waals surface area (Å²) in [6, 6.07) is 0. The van der Waals surface area contributed by atoms with Crippen LogP contribution in [-0.2, 0) is 4.74 Å². The van der Waals surface area contributed by atoms with E-state index in [9.17, 15) is 4.79 Å². The molecule has 1 amide bonds. The fourth-order valence-corrected chi connectivity index (χ4v) is 2.64. The van der Waals surface area contributed by atoms with Crippen LogP contribution in [-0.4, -0.2) is 19.7 Å². The molecule has 0 bridgehead atoms. The highest BCUT2D eigenvalue weighted by Crippen LogP contribution is 2.09. The second-order valence-corrected chi connectivity index (χ2v) is 6.36. The van der Waals surface area contributed by atoms with Crippen molar-refractivity contribution in [3.8, 4) is 0 Å². The first-order valence-electron chi connectivity index (χ1n) is 9.78. The van der Waals surface area contributed by atoms with Crippen LogP contribution < -0.4 is 5.32 Å². The Balaban J connectivity index is 3.09. The Morgan fingerprint density at radius 2 is 1.26 bits per heavy atom. The molecule has 0 saturated carbocycles. The minimum Gasteiger partial charge on any atom is -0.453 e. The number of methoxy groups -OCH3 is 1. The molecule has 0 saturated heterocycles. The summed E-state index contributed by atoms with van der Waals surface area (Å²) in [4.78, 5) is 10.8. The number of carbonyl (C=O) groups is 1. The van der Waals surface area contributed by atoms with E-state index in [-0.39, 0.29) is 6.09 Å². The second kappa shape index (κ2) is 19.1. The van der Waals surface area contributed by atoms with E-state index in [1.807, 2.05) is 0 Å². The number of ether oxygens (including phenoxy) is 1. The molecule has 0 aliphatic rings. The van der Waals surface area contributed by atoms with E-state index in [2.05, 4.69) is 29.1 Å². The number of hydrogen-bond donors (Lipinski definition) is 1. The number of rotatable bonds is 16. The monoisotopic (exact) mass is 325 g/mol. The van der Waals surface area contributed by atoms with Gasteiger partial charge in [0.15, 0.2) is 0 Å². The van der Waals surface area contributed by atoms with Crippen LogP contribution in [0.2, 0.25) is 0 Å². The van der Waals surface area contributed by atoms with Crippen LogP contribution in [0.25, 0.3) is 0 Å². The van der Waals surface area contributed by atoms with Crippen LogP contribution in [0.15, 0.2) is 12.2 Å². The van der Waals surface area contributed by atoms with Crippen LogP contribution in [0.3, 0.4) is 0 Å². The minimum absolute atomic E-state index is 0.322. The van der Waals surface area contributed by atoms with Gasteiger partial charge in [0.05, 0.1) is 7.11 Å². The smallest absolute Gasteiger partial charge is 0.406 e. The van der Waals surface area contributed by atoms with Gasteiger partial charge in [-0.1, -0.05) is 76.9 Å². The van der Waals surface area contributed by atoms with Gasteiger partial charge in [-0.05, 0) is 32.1 Å². The largest absolute Gasteiger partial charge is 0.453 e. The third kappa shape index (κ3) is 19.0. The van der Waals surface area contributed by atoms with E-state index < -0.39 is 0 Å². The van der Waals surface area contributed by atoms with Gasteiger partial charge in [-0.25, -0.2) is 4.79 Å². The van der Waals surface area contributed by atoms with E-state index in [4.69, 9.17) is 0 Å². The van der Waals surface area contributed by atoms with Gasteiger partial charge < -0.3 is 10.1 Å². The number of hydrogen-bond acceptors (Lipinski definition) is 2. The lowest BCUT2D eigenvalue weighted by atomic mass is 10.1. The lowest BCUT2D eigenvalue weighted by molar-refractivity contribution is 0.171. The first-order valence-corrected chi connectivity index (χ1v) is 9.78. The van der Waals surface area contributed by atoms with Crippen molar-refractivity contribution >= 4 is 6.09 Å². The van der Waals surface area contributed by atoms with Crippen LogP contribution in [0.5, 0.6) is 0 Å². The van der Waals surface area contributed by atoms with Crippen LogP contribution >= 0.6 is 0 Å². The van der Waals surface area contributed by atoms with Gasteiger partial charge in [0.25, 0.3) is 0 Å². The Morgan fingerprint density at radius 1 is 0.783 bits per heavy atom. The summed E-state index contributed by atoms with van der Waals surface area (Å²) in [5.74, 6) is 0. The minimum atomic E-state index is -0.322. The van der Waals surface area contributed by atoms with Gasteiger partial charge >= 0.3 is 6.09 Å². The molecule has 0 aliphatic heterocycles. The lowest BCUT2D eigenvalue weighted by Gasteiger charge is -2.03. The highest BCUT2D eigenvalue weighted by atomic mass is 16.5. The van der Waals surface area contributed by atoms with Crippen molar-refractivity contribution in [1.82, 2.24) is 5.32 Å². The highest BCUT2D eigenvalue weighted by Gasteiger charge is 1.96. The zero-order valence-electron chi connectivity index (χ0n) is 15.6. The molecule has 23 heavy (non-hydrogen) atoms. The Labute approximate surface area is 144 Å². The predicted octanol–water partition coefficient (Wildman–Crippen LogP) is 6.38. The molecular formula is C20H39NO2. The van der Waals surface area contributed by atoms with Crippen LogP contribution in [0, 0.1) is 0 Å². The average molecular weight is 326 g/mol. The van der Waals surface area contributed by atoms with Gasteiger partial charge in [-0.2, -0.15) is 0 Å². The molecule has 0 spiro atoms. The molecule has 0 heterocycles. The van der Waals surface area contributed by atoms with Gasteiger partial charge in [0.2, 0.25) is 0 Å². The van der Waals surface area contributed by atoms with Crippen molar-refractivity contribution in [3.63, 3.8) is 0 Å². The first kappa shape index (κ1) is 22.0. The molecule has 0 aromatic heterocycles. The first-order chi connectivity index (χ1) is 11.3. The van der Waals surface area contributed by atoms with E-state index in [0.29, 0.717) is 0 Å². The normalized spacial score (nSPS) is 11.0. The molecule has 0 fully saturated rings. The number of carbonyl (C=O) groups excluding carboxylic acids is 1. The summed E-state index contributed by atoms with van der Waals surface area (Å²) in [6.45, 7) is 3.00. The highest BCUT2D eigenvalue weighted by molar-refractivity contribution is 5.66. The number of allylic oxidation sites excluding steroid dienone is 2. The van der Waals surface area contributed by atoms with E-state index in [1.165, 1.54) is 90.6 Å². The number of nitrogens with one attached hydrogen (secondary N) is 1. The molecule has 0 aromatic carbocycles. The standard InChI is InChI=1S/C20H39NO2/c1-3-4-5-6-7-8-9-10-11-12-13-14-15-16-17-18-19-21-20(22)23-2/h10-11H,3-9,12-19H2,1-2H3,(H,21,22). The van der Waals surface area contributed by atoms with Crippen molar-refractivity contribution in [3.05, 3.63) is 12.2 Å². The van der Waals surface area contributed by atoms with E-state index in [0.717, 1.165) is 13.0 Å². The Bertz CT molecular complexity index is 277. The van der Waals surface area contributed by atoms with E-state index >= 15 is 0 Å². The molecule has 3 heteroatoms. The molecular weight excluding hydrogens is 286 g/mol. The van der Waals surface area contributed by atoms with Crippen molar-refractivity contribution in [1.29, 1.82) is 0 Å². The SMILES string of the molecule is CCCCCCCCC=CCCCCCCCCNC(=O)OC.